The summed E-state index contributed by atoms with van der Waals surface area (Å²) in [5.74, 6) is -1.67. The normalized spacial score (nSPS) is 7.00. The molecular formula is C10H32N6O4. The lowest BCUT2D eigenvalue weighted by atomic mass is 10.7. The van der Waals surface area contributed by atoms with E-state index in [4.69, 9.17) is 54.2 Å². The lowest BCUT2D eigenvalue weighted by Crippen LogP contribution is -2.11. The molecule has 0 saturated carbocycles. The first-order valence-corrected chi connectivity index (χ1v) is 5.80. The largest absolute Gasteiger partial charge is 0.481 e. The minimum absolute atomic E-state index is 0.597. The van der Waals surface area contributed by atoms with Gasteiger partial charge in [-0.1, -0.05) is 0 Å². The van der Waals surface area contributed by atoms with Gasteiger partial charge in [0, 0.05) is 53.1 Å². The molecule has 0 bridgehead atoms. The number of aliphatic carboxylic acids is 2. The lowest BCUT2D eigenvalue weighted by Gasteiger charge is -1.72. The second kappa shape index (κ2) is 43.1. The van der Waals surface area contributed by atoms with Gasteiger partial charge in [-0.05, 0) is 0 Å². The van der Waals surface area contributed by atoms with Crippen molar-refractivity contribution in [2.24, 2.45) is 34.4 Å². The monoisotopic (exact) mass is 300 g/mol. The highest BCUT2D eigenvalue weighted by Gasteiger charge is 1.66. The van der Waals surface area contributed by atoms with Crippen LogP contribution in [0.3, 0.4) is 0 Å². The maximum atomic E-state index is 9.00. The van der Waals surface area contributed by atoms with Crippen molar-refractivity contribution in [3.05, 3.63) is 0 Å². The van der Waals surface area contributed by atoms with Gasteiger partial charge in [0.15, 0.2) is 0 Å². The van der Waals surface area contributed by atoms with E-state index < -0.39 is 11.9 Å². The SMILES string of the molecule is CC(=O)O.CC(=O)O.NCCN.NCCN.NCCN. The molecule has 0 aromatic heterocycles. The average Bonchev–Trinajstić information content (AvgIpc) is 2.37. The van der Waals surface area contributed by atoms with Crippen LogP contribution in [-0.4, -0.2) is 61.4 Å². The zero-order valence-electron chi connectivity index (χ0n) is 12.4. The topological polar surface area (TPSA) is 231 Å². The highest BCUT2D eigenvalue weighted by molar-refractivity contribution is 5.63. The molecule has 0 amide bonds. The van der Waals surface area contributed by atoms with Crippen molar-refractivity contribution in [2.45, 2.75) is 13.8 Å². The van der Waals surface area contributed by atoms with Crippen LogP contribution in [-0.2, 0) is 9.59 Å². The van der Waals surface area contributed by atoms with E-state index in [0.717, 1.165) is 13.8 Å². The minimum atomic E-state index is -0.833. The quantitative estimate of drug-likeness (QED) is 0.261. The zero-order valence-corrected chi connectivity index (χ0v) is 12.4. The maximum absolute atomic E-state index is 9.00. The number of rotatable bonds is 3. The van der Waals surface area contributed by atoms with E-state index in [0.29, 0.717) is 39.3 Å². The molecule has 126 valence electrons. The molecule has 0 heterocycles. The van der Waals surface area contributed by atoms with Crippen molar-refractivity contribution >= 4 is 11.9 Å². The van der Waals surface area contributed by atoms with Crippen molar-refractivity contribution < 1.29 is 19.8 Å². The van der Waals surface area contributed by atoms with Crippen LogP contribution in [0.25, 0.3) is 0 Å². The predicted octanol–water partition coefficient (Wildman–Crippen LogP) is -3.11. The Morgan fingerprint density at radius 2 is 0.650 bits per heavy atom. The van der Waals surface area contributed by atoms with E-state index in [2.05, 4.69) is 0 Å². The maximum Gasteiger partial charge on any atom is 0.300 e. The van der Waals surface area contributed by atoms with Crippen LogP contribution in [0.2, 0.25) is 0 Å². The highest BCUT2D eigenvalue weighted by Crippen LogP contribution is 1.42. The molecule has 10 nitrogen and oxygen atoms in total. The average molecular weight is 300 g/mol. The molecule has 0 aliphatic carbocycles. The fourth-order valence-corrected chi connectivity index (χ4v) is 0. The van der Waals surface area contributed by atoms with Crippen molar-refractivity contribution in [3.8, 4) is 0 Å². The van der Waals surface area contributed by atoms with Crippen LogP contribution in [0.15, 0.2) is 0 Å². The lowest BCUT2D eigenvalue weighted by molar-refractivity contribution is -0.135. The summed E-state index contributed by atoms with van der Waals surface area (Å²) >= 11 is 0. The van der Waals surface area contributed by atoms with E-state index in [1.807, 2.05) is 0 Å². The molecule has 10 heteroatoms. The molecule has 0 fully saturated rings. The van der Waals surface area contributed by atoms with Crippen LogP contribution in [0.4, 0.5) is 0 Å². The van der Waals surface area contributed by atoms with E-state index in [-0.39, 0.29) is 0 Å². The van der Waals surface area contributed by atoms with Gasteiger partial charge in [0.2, 0.25) is 0 Å². The fourth-order valence-electron chi connectivity index (χ4n) is 0. The number of hydrogen-bond acceptors (Lipinski definition) is 8. The Morgan fingerprint density at radius 1 is 0.600 bits per heavy atom. The van der Waals surface area contributed by atoms with Crippen LogP contribution in [0.5, 0.6) is 0 Å². The van der Waals surface area contributed by atoms with Gasteiger partial charge < -0.3 is 44.6 Å². The molecule has 20 heavy (non-hydrogen) atoms. The van der Waals surface area contributed by atoms with E-state index in [1.54, 1.807) is 0 Å². The number of nitrogens with two attached hydrogens (primary N) is 6. The van der Waals surface area contributed by atoms with Crippen LogP contribution in [0.1, 0.15) is 13.8 Å². The Bertz CT molecular complexity index is 136. The first kappa shape index (κ1) is 31.2. The number of carboxylic acids is 2. The third-order valence-corrected chi connectivity index (χ3v) is 0.500. The Balaban J connectivity index is -0.0000000469. The van der Waals surface area contributed by atoms with Gasteiger partial charge in [0.05, 0.1) is 0 Å². The third kappa shape index (κ3) is 1420. The Labute approximate surface area is 120 Å². The molecule has 0 radical (unpaired) electrons. The molecule has 0 atom stereocenters. The molecule has 14 N–H and O–H groups in total. The summed E-state index contributed by atoms with van der Waals surface area (Å²) in [6.07, 6.45) is 0. The Hall–Kier alpha value is -1.30. The highest BCUT2D eigenvalue weighted by atomic mass is 16.4. The predicted molar refractivity (Wildman–Crippen MR) is 80.9 cm³/mol. The summed E-state index contributed by atoms with van der Waals surface area (Å²) < 4.78 is 0. The second-order valence-electron chi connectivity index (χ2n) is 2.77. The standard InChI is InChI=1S/3C2H8N2.2C2H4O2/c3*3-1-2-4;2*1-2(3)4/h3*1-4H2;2*1H3,(H,3,4). The smallest absolute Gasteiger partial charge is 0.300 e. The van der Waals surface area contributed by atoms with Crippen LogP contribution < -0.4 is 34.4 Å². The van der Waals surface area contributed by atoms with Crippen molar-refractivity contribution in [3.63, 3.8) is 0 Å². The van der Waals surface area contributed by atoms with Crippen molar-refractivity contribution in [1.29, 1.82) is 0 Å². The van der Waals surface area contributed by atoms with Gasteiger partial charge in [0.1, 0.15) is 0 Å². The van der Waals surface area contributed by atoms with Crippen LogP contribution >= 0.6 is 0 Å². The van der Waals surface area contributed by atoms with Crippen molar-refractivity contribution in [2.75, 3.05) is 39.3 Å². The van der Waals surface area contributed by atoms with Gasteiger partial charge >= 0.3 is 0 Å². The zero-order chi connectivity index (χ0) is 17.4. The summed E-state index contributed by atoms with van der Waals surface area (Å²) in [6.45, 7) is 5.75. The minimum Gasteiger partial charge on any atom is -0.481 e. The van der Waals surface area contributed by atoms with E-state index in [9.17, 15) is 0 Å². The van der Waals surface area contributed by atoms with Gasteiger partial charge in [-0.2, -0.15) is 0 Å². The molecule has 0 saturated heterocycles. The number of carbonyl (C=O) groups is 2. The molecule has 0 aliphatic rings. The molecule has 0 spiro atoms. The molecule has 0 aromatic carbocycles. The first-order valence-electron chi connectivity index (χ1n) is 5.80. The molecular weight excluding hydrogens is 268 g/mol. The van der Waals surface area contributed by atoms with Crippen LogP contribution in [0, 0.1) is 0 Å². The summed E-state index contributed by atoms with van der Waals surface area (Å²) in [6, 6.07) is 0. The molecule has 0 aliphatic heterocycles. The van der Waals surface area contributed by atoms with Gasteiger partial charge in [0.25, 0.3) is 11.9 Å². The molecule has 0 rings (SSSR count). The summed E-state index contributed by atoms with van der Waals surface area (Å²) in [4.78, 5) is 18.0. The Morgan fingerprint density at radius 3 is 0.650 bits per heavy atom. The second-order valence-corrected chi connectivity index (χ2v) is 2.77. The summed E-state index contributed by atoms with van der Waals surface area (Å²) in [5, 5.41) is 14.8. The first-order chi connectivity index (χ1) is 9.21. The number of carboxylic acid groups (broad SMARTS) is 2. The van der Waals surface area contributed by atoms with Gasteiger partial charge in [-0.3, -0.25) is 9.59 Å². The van der Waals surface area contributed by atoms with Crippen molar-refractivity contribution in [1.82, 2.24) is 0 Å². The third-order valence-electron chi connectivity index (χ3n) is 0.500. The molecule has 0 aromatic rings. The fraction of sp³-hybridized carbons (Fsp3) is 0.800. The van der Waals surface area contributed by atoms with E-state index >= 15 is 0 Å². The molecule has 0 unspecified atom stereocenters. The summed E-state index contributed by atoms with van der Waals surface area (Å²) in [7, 11) is 0. The Kier molecular flexibility index (Phi) is 67.3. The van der Waals surface area contributed by atoms with E-state index in [1.165, 1.54) is 0 Å². The number of hydrogen-bond donors (Lipinski definition) is 8. The van der Waals surface area contributed by atoms with Gasteiger partial charge in [-0.25, -0.2) is 0 Å². The summed E-state index contributed by atoms with van der Waals surface area (Å²) in [5.41, 5.74) is 29.4. The van der Waals surface area contributed by atoms with Gasteiger partial charge in [-0.15, -0.1) is 0 Å².